The average molecular weight is 440 g/mol. The summed E-state index contributed by atoms with van der Waals surface area (Å²) in [5.41, 5.74) is 2.56. The van der Waals surface area contributed by atoms with Crippen molar-refractivity contribution in [2.45, 2.75) is 59.1 Å². The topological polar surface area (TPSA) is 96.5 Å². The summed E-state index contributed by atoms with van der Waals surface area (Å²) in [4.78, 5) is 36.2. The first-order chi connectivity index (χ1) is 14.8. The summed E-state index contributed by atoms with van der Waals surface area (Å²) in [6.45, 7) is 11.7. The Morgan fingerprint density at radius 1 is 0.875 bits per heavy atom. The molecule has 0 aliphatic heterocycles. The van der Waals surface area contributed by atoms with Gasteiger partial charge in [-0.3, -0.25) is 9.59 Å². The molecule has 0 aliphatic carbocycles. The van der Waals surface area contributed by atoms with Crippen molar-refractivity contribution in [2.75, 3.05) is 11.9 Å². The van der Waals surface area contributed by atoms with E-state index in [2.05, 4.69) is 36.7 Å². The largest absolute Gasteiger partial charge is 0.444 e. The van der Waals surface area contributed by atoms with E-state index in [0.717, 1.165) is 5.56 Å². The number of ether oxygens (including phenoxy) is 1. The van der Waals surface area contributed by atoms with E-state index in [-0.39, 0.29) is 23.8 Å². The fraction of sp³-hybridized carbons (Fsp3) is 0.400. The number of hydrogen-bond acceptors (Lipinski definition) is 4. The van der Waals surface area contributed by atoms with Crippen LogP contribution in [0.25, 0.3) is 0 Å². The van der Waals surface area contributed by atoms with E-state index in [1.165, 1.54) is 5.56 Å². The molecule has 0 bridgehead atoms. The first-order valence-corrected chi connectivity index (χ1v) is 10.6. The van der Waals surface area contributed by atoms with Gasteiger partial charge in [-0.2, -0.15) is 0 Å². The van der Waals surface area contributed by atoms with Crippen LogP contribution in [0.3, 0.4) is 0 Å². The van der Waals surface area contributed by atoms with Gasteiger partial charge in [-0.25, -0.2) is 4.79 Å². The second-order valence-electron chi connectivity index (χ2n) is 9.61. The molecule has 3 amide bonds. The van der Waals surface area contributed by atoms with E-state index >= 15 is 0 Å². The lowest BCUT2D eigenvalue weighted by Crippen LogP contribution is -2.37. The van der Waals surface area contributed by atoms with Crippen molar-refractivity contribution < 1.29 is 19.1 Å². The Hall–Kier alpha value is -3.35. The molecule has 0 aromatic heterocycles. The summed E-state index contributed by atoms with van der Waals surface area (Å²) in [5.74, 6) is -0.544. The lowest BCUT2D eigenvalue weighted by Gasteiger charge is -2.19. The maximum Gasteiger partial charge on any atom is 0.408 e. The molecule has 7 nitrogen and oxygen atoms in total. The van der Waals surface area contributed by atoms with Crippen LogP contribution in [-0.2, 0) is 21.5 Å². The number of amides is 3. The van der Waals surface area contributed by atoms with Crippen LogP contribution >= 0.6 is 0 Å². The van der Waals surface area contributed by atoms with E-state index in [9.17, 15) is 14.4 Å². The molecule has 0 aliphatic rings. The van der Waals surface area contributed by atoms with Gasteiger partial charge in [-0.05, 0) is 61.6 Å². The Morgan fingerprint density at radius 3 is 2.12 bits per heavy atom. The van der Waals surface area contributed by atoms with Crippen molar-refractivity contribution in [3.05, 3.63) is 65.2 Å². The summed E-state index contributed by atoms with van der Waals surface area (Å²) in [7, 11) is 0. The van der Waals surface area contributed by atoms with Crippen molar-refractivity contribution in [1.82, 2.24) is 10.6 Å². The average Bonchev–Trinajstić information content (AvgIpc) is 2.69. The standard InChI is InChI=1S/C25H33N3O4/c1-24(2,3)19-12-10-18(11-13-19)22(30)26-15-17-8-7-9-20(14-17)28-21(29)16-27-23(31)32-25(4,5)6/h7-14H,15-16H2,1-6H3,(H,26,30)(H,27,31)(H,28,29). The summed E-state index contributed by atoms with van der Waals surface area (Å²) in [6, 6.07) is 14.7. The fourth-order valence-electron chi connectivity index (χ4n) is 2.84. The lowest BCUT2D eigenvalue weighted by molar-refractivity contribution is -0.115. The number of nitrogens with one attached hydrogen (secondary N) is 3. The molecule has 0 unspecified atom stereocenters. The lowest BCUT2D eigenvalue weighted by atomic mass is 9.87. The highest BCUT2D eigenvalue weighted by Crippen LogP contribution is 2.22. The van der Waals surface area contributed by atoms with Gasteiger partial charge in [0.1, 0.15) is 12.1 Å². The fourth-order valence-corrected chi connectivity index (χ4v) is 2.84. The second kappa shape index (κ2) is 10.3. The summed E-state index contributed by atoms with van der Waals surface area (Å²) < 4.78 is 5.10. The molecule has 0 radical (unpaired) electrons. The first kappa shape index (κ1) is 24.9. The van der Waals surface area contributed by atoms with Gasteiger partial charge in [-0.1, -0.05) is 45.0 Å². The predicted molar refractivity (Wildman–Crippen MR) is 126 cm³/mol. The quantitative estimate of drug-likeness (QED) is 0.622. The van der Waals surface area contributed by atoms with Gasteiger partial charge in [0.25, 0.3) is 5.91 Å². The van der Waals surface area contributed by atoms with Gasteiger partial charge < -0.3 is 20.7 Å². The second-order valence-corrected chi connectivity index (χ2v) is 9.61. The number of benzene rings is 2. The van der Waals surface area contributed by atoms with Crippen LogP contribution in [0.4, 0.5) is 10.5 Å². The summed E-state index contributed by atoms with van der Waals surface area (Å²) >= 11 is 0. The van der Waals surface area contributed by atoms with Crippen LogP contribution in [0, 0.1) is 0 Å². The molecule has 0 heterocycles. The van der Waals surface area contributed by atoms with Crippen LogP contribution in [0.15, 0.2) is 48.5 Å². The zero-order valence-corrected chi connectivity index (χ0v) is 19.7. The zero-order valence-electron chi connectivity index (χ0n) is 19.7. The van der Waals surface area contributed by atoms with Crippen molar-refractivity contribution in [1.29, 1.82) is 0 Å². The van der Waals surface area contributed by atoms with Gasteiger partial charge in [0, 0.05) is 17.8 Å². The molecule has 7 heteroatoms. The molecule has 0 atom stereocenters. The van der Waals surface area contributed by atoms with Crippen LogP contribution in [0.2, 0.25) is 0 Å². The van der Waals surface area contributed by atoms with Crippen LogP contribution in [-0.4, -0.2) is 30.1 Å². The zero-order chi connectivity index (χ0) is 23.9. The molecule has 0 fully saturated rings. The Morgan fingerprint density at radius 2 is 1.53 bits per heavy atom. The number of rotatable bonds is 6. The number of carbonyl (C=O) groups excluding carboxylic acids is 3. The van der Waals surface area contributed by atoms with E-state index in [1.54, 1.807) is 39.0 Å². The molecule has 0 spiro atoms. The Labute approximate surface area is 189 Å². The normalized spacial score (nSPS) is 11.4. The Kier molecular flexibility index (Phi) is 8.02. The molecule has 0 saturated carbocycles. The SMILES string of the molecule is CC(C)(C)OC(=O)NCC(=O)Nc1cccc(CNC(=O)c2ccc(C(C)(C)C)cc2)c1. The van der Waals surface area contributed by atoms with E-state index in [4.69, 9.17) is 4.74 Å². The molecule has 3 N–H and O–H groups in total. The van der Waals surface area contributed by atoms with Gasteiger partial charge in [0.2, 0.25) is 5.91 Å². The minimum atomic E-state index is -0.653. The smallest absolute Gasteiger partial charge is 0.408 e. The third-order valence-electron chi connectivity index (χ3n) is 4.47. The van der Waals surface area contributed by atoms with Crippen molar-refractivity contribution >= 4 is 23.6 Å². The maximum absolute atomic E-state index is 12.5. The van der Waals surface area contributed by atoms with Crippen molar-refractivity contribution in [3.63, 3.8) is 0 Å². The number of hydrogen-bond donors (Lipinski definition) is 3. The molecule has 2 aromatic rings. The molecule has 2 aromatic carbocycles. The van der Waals surface area contributed by atoms with Crippen molar-refractivity contribution in [2.24, 2.45) is 0 Å². The minimum absolute atomic E-state index is 0.0301. The van der Waals surface area contributed by atoms with Gasteiger partial charge in [0.15, 0.2) is 0 Å². The third kappa shape index (κ3) is 8.41. The summed E-state index contributed by atoms with van der Waals surface area (Å²) in [5, 5.41) is 8.02. The summed E-state index contributed by atoms with van der Waals surface area (Å²) in [6.07, 6.45) is -0.653. The first-order valence-electron chi connectivity index (χ1n) is 10.6. The van der Waals surface area contributed by atoms with Crippen LogP contribution in [0.5, 0.6) is 0 Å². The van der Waals surface area contributed by atoms with Gasteiger partial charge in [-0.15, -0.1) is 0 Å². The Balaban J connectivity index is 1.86. The molecule has 172 valence electrons. The number of alkyl carbamates (subject to hydrolysis) is 1. The monoisotopic (exact) mass is 439 g/mol. The third-order valence-corrected chi connectivity index (χ3v) is 4.47. The van der Waals surface area contributed by atoms with Crippen LogP contribution in [0.1, 0.15) is 63.0 Å². The highest BCUT2D eigenvalue weighted by Gasteiger charge is 2.17. The molecular weight excluding hydrogens is 406 g/mol. The molecule has 32 heavy (non-hydrogen) atoms. The molecule has 2 rings (SSSR count). The number of carbonyl (C=O) groups is 3. The van der Waals surface area contributed by atoms with E-state index in [1.807, 2.05) is 30.3 Å². The van der Waals surface area contributed by atoms with Crippen molar-refractivity contribution in [3.8, 4) is 0 Å². The van der Waals surface area contributed by atoms with Gasteiger partial charge in [0.05, 0.1) is 0 Å². The van der Waals surface area contributed by atoms with E-state index in [0.29, 0.717) is 17.8 Å². The predicted octanol–water partition coefficient (Wildman–Crippen LogP) is 4.38. The molecule has 0 saturated heterocycles. The number of anilines is 1. The van der Waals surface area contributed by atoms with E-state index < -0.39 is 11.7 Å². The molecular formula is C25H33N3O4. The Bertz CT molecular complexity index is 954. The highest BCUT2D eigenvalue weighted by atomic mass is 16.6. The minimum Gasteiger partial charge on any atom is -0.444 e. The van der Waals surface area contributed by atoms with Gasteiger partial charge >= 0.3 is 6.09 Å². The van der Waals surface area contributed by atoms with Crippen LogP contribution < -0.4 is 16.0 Å². The highest BCUT2D eigenvalue weighted by molar-refractivity contribution is 5.95. The maximum atomic E-state index is 12.5.